The SMILES string of the molecule is Cc1ccc2cc(C(=O)NCCCN3CCC(O)CC3)ccc2n1. The Hall–Kier alpha value is -1.98. The number of likely N-dealkylation sites (tertiary alicyclic amines) is 1. The highest BCUT2D eigenvalue weighted by Crippen LogP contribution is 2.15. The first-order valence-electron chi connectivity index (χ1n) is 8.68. The molecule has 0 atom stereocenters. The number of nitrogens with zero attached hydrogens (tertiary/aromatic N) is 2. The molecule has 1 saturated heterocycles. The van der Waals surface area contributed by atoms with Crippen molar-refractivity contribution in [3.05, 3.63) is 41.6 Å². The lowest BCUT2D eigenvalue weighted by atomic mass is 10.1. The second-order valence-electron chi connectivity index (χ2n) is 6.54. The predicted molar refractivity (Wildman–Crippen MR) is 95.1 cm³/mol. The number of pyridine rings is 1. The van der Waals surface area contributed by atoms with Crippen LogP contribution in [0.25, 0.3) is 10.9 Å². The van der Waals surface area contributed by atoms with Crippen molar-refractivity contribution in [3.8, 4) is 0 Å². The summed E-state index contributed by atoms with van der Waals surface area (Å²) in [5, 5.41) is 13.5. The second-order valence-corrected chi connectivity index (χ2v) is 6.54. The molecule has 3 rings (SSSR count). The van der Waals surface area contributed by atoms with Crippen LogP contribution in [0.5, 0.6) is 0 Å². The third-order valence-electron chi connectivity index (χ3n) is 4.58. The molecule has 2 aromatic rings. The van der Waals surface area contributed by atoms with Crippen molar-refractivity contribution in [2.45, 2.75) is 32.3 Å². The minimum atomic E-state index is -0.132. The fraction of sp³-hybridized carbons (Fsp3) is 0.474. The number of nitrogens with one attached hydrogen (secondary N) is 1. The number of fused-ring (bicyclic) bond motifs is 1. The topological polar surface area (TPSA) is 65.5 Å². The van der Waals surface area contributed by atoms with Gasteiger partial charge in [0.15, 0.2) is 0 Å². The highest BCUT2D eigenvalue weighted by atomic mass is 16.3. The van der Waals surface area contributed by atoms with E-state index in [1.165, 1.54) is 0 Å². The molecule has 0 bridgehead atoms. The predicted octanol–water partition coefficient (Wildman–Crippen LogP) is 2.12. The van der Waals surface area contributed by atoms with E-state index >= 15 is 0 Å². The molecule has 1 amide bonds. The lowest BCUT2D eigenvalue weighted by molar-refractivity contribution is 0.0816. The van der Waals surface area contributed by atoms with Gasteiger partial charge in [0.1, 0.15) is 0 Å². The molecule has 1 aliphatic heterocycles. The minimum Gasteiger partial charge on any atom is -0.393 e. The molecule has 0 aliphatic carbocycles. The molecule has 2 heterocycles. The summed E-state index contributed by atoms with van der Waals surface area (Å²) >= 11 is 0. The van der Waals surface area contributed by atoms with Gasteiger partial charge in [-0.15, -0.1) is 0 Å². The van der Waals surface area contributed by atoms with Crippen LogP contribution in [0.3, 0.4) is 0 Å². The number of amides is 1. The Morgan fingerprint density at radius 1 is 1.29 bits per heavy atom. The Labute approximate surface area is 142 Å². The Bertz CT molecular complexity index is 709. The Kier molecular flexibility index (Phi) is 5.43. The highest BCUT2D eigenvalue weighted by Gasteiger charge is 2.16. The number of aryl methyl sites for hydroxylation is 1. The second kappa shape index (κ2) is 7.73. The van der Waals surface area contributed by atoms with E-state index in [1.54, 1.807) is 0 Å². The monoisotopic (exact) mass is 327 g/mol. The van der Waals surface area contributed by atoms with Gasteiger partial charge in [0.05, 0.1) is 11.6 Å². The van der Waals surface area contributed by atoms with Gasteiger partial charge in [-0.3, -0.25) is 9.78 Å². The number of aliphatic hydroxyl groups excluding tert-OH is 1. The molecule has 1 aliphatic rings. The van der Waals surface area contributed by atoms with Gasteiger partial charge in [-0.2, -0.15) is 0 Å². The van der Waals surface area contributed by atoms with Gasteiger partial charge in [-0.1, -0.05) is 6.07 Å². The van der Waals surface area contributed by atoms with Crippen molar-refractivity contribution in [1.82, 2.24) is 15.2 Å². The Balaban J connectivity index is 1.47. The van der Waals surface area contributed by atoms with E-state index in [0.717, 1.165) is 55.5 Å². The molecular formula is C19H25N3O2. The Morgan fingerprint density at radius 3 is 2.88 bits per heavy atom. The van der Waals surface area contributed by atoms with E-state index in [1.807, 2.05) is 37.3 Å². The molecular weight excluding hydrogens is 302 g/mol. The molecule has 24 heavy (non-hydrogen) atoms. The molecule has 1 fully saturated rings. The fourth-order valence-corrected chi connectivity index (χ4v) is 3.12. The van der Waals surface area contributed by atoms with Crippen LogP contribution in [0, 0.1) is 6.92 Å². The summed E-state index contributed by atoms with van der Waals surface area (Å²) in [5.74, 6) is -0.0356. The molecule has 1 aromatic carbocycles. The molecule has 1 aromatic heterocycles. The van der Waals surface area contributed by atoms with Gasteiger partial charge in [0, 0.05) is 36.3 Å². The third-order valence-corrected chi connectivity index (χ3v) is 4.58. The quantitative estimate of drug-likeness (QED) is 0.826. The van der Waals surface area contributed by atoms with Crippen molar-refractivity contribution >= 4 is 16.8 Å². The normalized spacial score (nSPS) is 16.4. The molecule has 0 radical (unpaired) electrons. The number of benzene rings is 1. The third kappa shape index (κ3) is 4.30. The summed E-state index contributed by atoms with van der Waals surface area (Å²) in [4.78, 5) is 19.1. The first kappa shape index (κ1) is 16.9. The number of piperidine rings is 1. The van der Waals surface area contributed by atoms with Crippen molar-refractivity contribution in [2.24, 2.45) is 0 Å². The lowest BCUT2D eigenvalue weighted by Gasteiger charge is -2.29. The lowest BCUT2D eigenvalue weighted by Crippen LogP contribution is -2.37. The summed E-state index contributed by atoms with van der Waals surface area (Å²) < 4.78 is 0. The van der Waals surface area contributed by atoms with Gasteiger partial charge in [0.25, 0.3) is 5.91 Å². The van der Waals surface area contributed by atoms with E-state index in [0.29, 0.717) is 12.1 Å². The molecule has 0 saturated carbocycles. The largest absolute Gasteiger partial charge is 0.393 e. The van der Waals surface area contributed by atoms with E-state index in [4.69, 9.17) is 0 Å². The van der Waals surface area contributed by atoms with Crippen molar-refractivity contribution in [1.29, 1.82) is 0 Å². The van der Waals surface area contributed by atoms with E-state index in [9.17, 15) is 9.90 Å². The summed E-state index contributed by atoms with van der Waals surface area (Å²) in [6, 6.07) is 9.58. The highest BCUT2D eigenvalue weighted by molar-refractivity contribution is 5.97. The zero-order valence-electron chi connectivity index (χ0n) is 14.2. The van der Waals surface area contributed by atoms with Crippen LogP contribution in [0.1, 0.15) is 35.3 Å². The van der Waals surface area contributed by atoms with Crippen molar-refractivity contribution in [2.75, 3.05) is 26.2 Å². The standard InChI is InChI=1S/C19H25N3O2/c1-14-3-4-15-13-16(5-6-18(15)21-14)19(24)20-9-2-10-22-11-7-17(23)8-12-22/h3-6,13,17,23H,2,7-12H2,1H3,(H,20,24). The zero-order chi connectivity index (χ0) is 16.9. The average molecular weight is 327 g/mol. The first-order chi connectivity index (χ1) is 11.6. The maximum atomic E-state index is 12.3. The van der Waals surface area contributed by atoms with Gasteiger partial charge < -0.3 is 15.3 Å². The summed E-state index contributed by atoms with van der Waals surface area (Å²) in [5.41, 5.74) is 2.57. The number of carbonyl (C=O) groups is 1. The molecule has 128 valence electrons. The first-order valence-corrected chi connectivity index (χ1v) is 8.68. The number of aliphatic hydroxyl groups is 1. The number of carbonyl (C=O) groups excluding carboxylic acids is 1. The number of aromatic nitrogens is 1. The molecule has 0 spiro atoms. The van der Waals surface area contributed by atoms with Crippen LogP contribution in [-0.4, -0.2) is 53.2 Å². The summed E-state index contributed by atoms with van der Waals surface area (Å²) in [7, 11) is 0. The van der Waals surface area contributed by atoms with Crippen LogP contribution in [-0.2, 0) is 0 Å². The van der Waals surface area contributed by atoms with Crippen LogP contribution >= 0.6 is 0 Å². The average Bonchev–Trinajstić information content (AvgIpc) is 2.59. The fourth-order valence-electron chi connectivity index (χ4n) is 3.12. The minimum absolute atomic E-state index is 0.0356. The van der Waals surface area contributed by atoms with Gasteiger partial charge in [-0.25, -0.2) is 0 Å². The molecule has 0 unspecified atom stereocenters. The number of rotatable bonds is 5. The van der Waals surface area contributed by atoms with E-state index < -0.39 is 0 Å². The van der Waals surface area contributed by atoms with Crippen LogP contribution in [0.15, 0.2) is 30.3 Å². The number of hydrogen-bond donors (Lipinski definition) is 2. The maximum Gasteiger partial charge on any atom is 0.251 e. The van der Waals surface area contributed by atoms with E-state index in [2.05, 4.69) is 15.2 Å². The van der Waals surface area contributed by atoms with Gasteiger partial charge in [0.2, 0.25) is 0 Å². The van der Waals surface area contributed by atoms with Gasteiger partial charge in [-0.05, 0) is 57.0 Å². The number of hydrogen-bond acceptors (Lipinski definition) is 4. The smallest absolute Gasteiger partial charge is 0.251 e. The van der Waals surface area contributed by atoms with Crippen LogP contribution in [0.4, 0.5) is 0 Å². The Morgan fingerprint density at radius 2 is 2.08 bits per heavy atom. The van der Waals surface area contributed by atoms with Crippen molar-refractivity contribution in [3.63, 3.8) is 0 Å². The van der Waals surface area contributed by atoms with E-state index in [-0.39, 0.29) is 12.0 Å². The van der Waals surface area contributed by atoms with Crippen LogP contribution < -0.4 is 5.32 Å². The van der Waals surface area contributed by atoms with Gasteiger partial charge >= 0.3 is 0 Å². The molecule has 2 N–H and O–H groups in total. The van der Waals surface area contributed by atoms with Crippen molar-refractivity contribution < 1.29 is 9.90 Å². The zero-order valence-corrected chi connectivity index (χ0v) is 14.2. The molecule has 5 heteroatoms. The maximum absolute atomic E-state index is 12.3. The summed E-state index contributed by atoms with van der Waals surface area (Å²) in [6.07, 6.45) is 2.51. The summed E-state index contributed by atoms with van der Waals surface area (Å²) in [6.45, 7) is 5.50. The van der Waals surface area contributed by atoms with Crippen LogP contribution in [0.2, 0.25) is 0 Å². The molecule has 5 nitrogen and oxygen atoms in total.